The number of hydrogen-bond donors (Lipinski definition) is 0. The van der Waals surface area contributed by atoms with Crippen LogP contribution in [-0.4, -0.2) is 18.0 Å². The summed E-state index contributed by atoms with van der Waals surface area (Å²) in [4.78, 5) is 25.0. The highest BCUT2D eigenvalue weighted by Crippen LogP contribution is 2.65. The Hall–Kier alpha value is -3.66. The first-order valence-electron chi connectivity index (χ1n) is 10.8. The normalized spacial score (nSPS) is 21.9. The zero-order valence-corrected chi connectivity index (χ0v) is 18.4. The fourth-order valence-corrected chi connectivity index (χ4v) is 3.72. The number of nitrogens with zero attached hydrogens (tertiary/aromatic N) is 1. The molecule has 4 rings (SSSR count). The molecular formula is C26H24FNO5. The lowest BCUT2D eigenvalue weighted by Crippen LogP contribution is -2.25. The van der Waals surface area contributed by atoms with Crippen LogP contribution in [0.4, 0.5) is 4.39 Å². The minimum Gasteiger partial charge on any atom is -0.457 e. The molecule has 0 heterocycles. The van der Waals surface area contributed by atoms with Crippen molar-refractivity contribution in [3.63, 3.8) is 0 Å². The van der Waals surface area contributed by atoms with E-state index >= 15 is 0 Å². The maximum atomic E-state index is 14.5. The van der Waals surface area contributed by atoms with Crippen molar-refractivity contribution in [2.45, 2.75) is 45.3 Å². The van der Waals surface area contributed by atoms with E-state index in [1.807, 2.05) is 24.3 Å². The third-order valence-corrected chi connectivity index (χ3v) is 6.02. The predicted octanol–water partition coefficient (Wildman–Crippen LogP) is 5.56. The van der Waals surface area contributed by atoms with Gasteiger partial charge in [-0.25, -0.2) is 4.79 Å². The Morgan fingerprint density at radius 1 is 1.12 bits per heavy atom. The Labute approximate surface area is 191 Å². The van der Waals surface area contributed by atoms with E-state index in [2.05, 4.69) is 0 Å². The van der Waals surface area contributed by atoms with Crippen LogP contribution in [0, 0.1) is 22.2 Å². The zero-order chi connectivity index (χ0) is 23.6. The van der Waals surface area contributed by atoms with Gasteiger partial charge >= 0.3 is 11.9 Å². The van der Waals surface area contributed by atoms with Crippen molar-refractivity contribution in [2.75, 3.05) is 0 Å². The fraction of sp³-hybridized carbons (Fsp3) is 0.346. The number of esters is 2. The van der Waals surface area contributed by atoms with Gasteiger partial charge in [-0.05, 0) is 55.0 Å². The molecule has 0 aromatic heterocycles. The van der Waals surface area contributed by atoms with Gasteiger partial charge in [0.1, 0.15) is 23.7 Å². The second kappa shape index (κ2) is 8.70. The second-order valence-electron chi connectivity index (χ2n) is 9.03. The number of rotatable bonds is 8. The van der Waals surface area contributed by atoms with E-state index in [4.69, 9.17) is 14.2 Å². The first-order valence-corrected chi connectivity index (χ1v) is 10.8. The van der Waals surface area contributed by atoms with Crippen LogP contribution in [0.3, 0.4) is 0 Å². The van der Waals surface area contributed by atoms with Gasteiger partial charge in [0.2, 0.25) is 11.9 Å². The monoisotopic (exact) mass is 449 g/mol. The van der Waals surface area contributed by atoms with Crippen molar-refractivity contribution < 1.29 is 28.2 Å². The zero-order valence-electron chi connectivity index (χ0n) is 18.4. The van der Waals surface area contributed by atoms with Gasteiger partial charge in [0.05, 0.1) is 5.41 Å². The molecule has 2 aromatic rings. The Morgan fingerprint density at radius 2 is 1.79 bits per heavy atom. The number of carbonyl (C=O) groups excluding carboxylic acids is 2. The lowest BCUT2D eigenvalue weighted by atomic mass is 9.95. The SMILES string of the molecule is CC1(C)CC1(C=C(F)C(=O)OC1CC1)C(=O)OC(C#N)c1cccc(Oc2ccccc2)c1. The molecule has 7 heteroatoms. The largest absolute Gasteiger partial charge is 0.457 e. The van der Waals surface area contributed by atoms with Crippen LogP contribution in [-0.2, 0) is 19.1 Å². The van der Waals surface area contributed by atoms with Gasteiger partial charge < -0.3 is 14.2 Å². The van der Waals surface area contributed by atoms with Crippen LogP contribution < -0.4 is 4.74 Å². The molecule has 0 saturated heterocycles. The quantitative estimate of drug-likeness (QED) is 0.387. The van der Waals surface area contributed by atoms with Crippen LogP contribution >= 0.6 is 0 Å². The van der Waals surface area contributed by atoms with E-state index < -0.39 is 34.7 Å². The average Bonchev–Trinajstić information content (AvgIpc) is 3.70. The van der Waals surface area contributed by atoms with Gasteiger partial charge in [-0.3, -0.25) is 4.79 Å². The van der Waals surface area contributed by atoms with Gasteiger partial charge in [0.25, 0.3) is 0 Å². The number of carbonyl (C=O) groups is 2. The Morgan fingerprint density at radius 3 is 2.39 bits per heavy atom. The van der Waals surface area contributed by atoms with Crippen molar-refractivity contribution in [1.29, 1.82) is 5.26 Å². The molecule has 2 atom stereocenters. The molecule has 2 aliphatic carbocycles. The number of benzene rings is 2. The number of ether oxygens (including phenoxy) is 3. The van der Waals surface area contributed by atoms with E-state index in [9.17, 15) is 19.2 Å². The first kappa shape index (κ1) is 22.5. The highest BCUT2D eigenvalue weighted by molar-refractivity contribution is 5.91. The van der Waals surface area contributed by atoms with Gasteiger partial charge in [-0.1, -0.05) is 44.2 Å². The summed E-state index contributed by atoms with van der Waals surface area (Å²) < 4.78 is 30.8. The summed E-state index contributed by atoms with van der Waals surface area (Å²) in [5, 5.41) is 9.67. The first-order chi connectivity index (χ1) is 15.7. The molecule has 6 nitrogen and oxygen atoms in total. The van der Waals surface area contributed by atoms with Crippen molar-refractivity contribution in [3.8, 4) is 17.6 Å². The average molecular weight is 449 g/mol. The summed E-state index contributed by atoms with van der Waals surface area (Å²) in [6.45, 7) is 3.56. The minimum atomic E-state index is -1.34. The van der Waals surface area contributed by atoms with Crippen LogP contribution in [0.1, 0.15) is 44.8 Å². The van der Waals surface area contributed by atoms with E-state index in [0.717, 1.165) is 6.08 Å². The van der Waals surface area contributed by atoms with Gasteiger partial charge in [0, 0.05) is 5.56 Å². The number of hydrogen-bond acceptors (Lipinski definition) is 6. The molecule has 33 heavy (non-hydrogen) atoms. The topological polar surface area (TPSA) is 85.6 Å². The molecule has 0 spiro atoms. The summed E-state index contributed by atoms with van der Waals surface area (Å²) in [6.07, 6.45) is 1.24. The predicted molar refractivity (Wildman–Crippen MR) is 117 cm³/mol. The molecule has 0 amide bonds. The van der Waals surface area contributed by atoms with E-state index in [-0.39, 0.29) is 12.5 Å². The molecule has 2 aliphatic rings. The lowest BCUT2D eigenvalue weighted by molar-refractivity contribution is -0.152. The maximum absolute atomic E-state index is 14.5. The van der Waals surface area contributed by atoms with Crippen LogP contribution in [0.25, 0.3) is 0 Å². The minimum absolute atomic E-state index is 0.250. The number of para-hydroxylation sites is 1. The molecule has 0 aliphatic heterocycles. The van der Waals surface area contributed by atoms with Gasteiger partial charge in [0.15, 0.2) is 0 Å². The Bertz CT molecular complexity index is 1130. The molecule has 0 bridgehead atoms. The van der Waals surface area contributed by atoms with Crippen LogP contribution in [0.2, 0.25) is 0 Å². The van der Waals surface area contributed by atoms with Crippen molar-refractivity contribution >= 4 is 11.9 Å². The summed E-state index contributed by atoms with van der Waals surface area (Å²) in [5.41, 5.74) is -1.54. The third kappa shape index (κ3) is 4.90. The van der Waals surface area contributed by atoms with Crippen molar-refractivity contribution in [1.82, 2.24) is 0 Å². The molecule has 2 aromatic carbocycles. The van der Waals surface area contributed by atoms with Gasteiger partial charge in [-0.2, -0.15) is 9.65 Å². The lowest BCUT2D eigenvalue weighted by Gasteiger charge is -2.19. The van der Waals surface area contributed by atoms with Crippen LogP contribution in [0.5, 0.6) is 11.5 Å². The maximum Gasteiger partial charge on any atom is 0.367 e. The highest BCUT2D eigenvalue weighted by atomic mass is 19.1. The molecule has 2 unspecified atom stereocenters. The molecule has 0 radical (unpaired) electrons. The number of nitriles is 1. The van der Waals surface area contributed by atoms with Crippen LogP contribution in [0.15, 0.2) is 66.5 Å². The van der Waals surface area contributed by atoms with Crippen molar-refractivity contribution in [2.24, 2.45) is 10.8 Å². The summed E-state index contributed by atoms with van der Waals surface area (Å²) in [6, 6.07) is 17.8. The highest BCUT2D eigenvalue weighted by Gasteiger charge is 2.67. The third-order valence-electron chi connectivity index (χ3n) is 6.02. The standard InChI is InChI=1S/C26H24FNO5/c1-25(2)16-26(25,14-21(27)23(29)32-19-11-12-19)24(30)33-22(15-28)17-7-6-10-20(13-17)31-18-8-4-3-5-9-18/h3-10,13-14,19,22H,11-12,16H2,1-2H3. The smallest absolute Gasteiger partial charge is 0.367 e. The fourth-order valence-electron chi connectivity index (χ4n) is 3.72. The molecule has 2 fully saturated rings. The van der Waals surface area contributed by atoms with Gasteiger partial charge in [-0.15, -0.1) is 0 Å². The molecule has 170 valence electrons. The number of halogens is 1. The molecule has 2 saturated carbocycles. The van der Waals surface area contributed by atoms with E-state index in [0.29, 0.717) is 29.9 Å². The molecular weight excluding hydrogens is 425 g/mol. The summed E-state index contributed by atoms with van der Waals surface area (Å²) in [5.74, 6) is -1.85. The Balaban J connectivity index is 1.50. The van der Waals surface area contributed by atoms with E-state index in [1.54, 1.807) is 50.2 Å². The second-order valence-corrected chi connectivity index (χ2v) is 9.03. The summed E-state index contributed by atoms with van der Waals surface area (Å²) in [7, 11) is 0. The van der Waals surface area contributed by atoms with Crippen molar-refractivity contribution in [3.05, 3.63) is 72.1 Å². The molecule has 0 N–H and O–H groups in total. The Kier molecular flexibility index (Phi) is 5.94. The van der Waals surface area contributed by atoms with E-state index in [1.165, 1.54) is 0 Å². The summed E-state index contributed by atoms with van der Waals surface area (Å²) >= 11 is 0.